The van der Waals surface area contributed by atoms with Gasteiger partial charge in [-0.2, -0.15) is 0 Å². The fourth-order valence-corrected chi connectivity index (χ4v) is 4.35. The lowest BCUT2D eigenvalue weighted by Gasteiger charge is -2.20. The number of amides is 1. The first-order chi connectivity index (χ1) is 14.0. The van der Waals surface area contributed by atoms with Gasteiger partial charge in [0.2, 0.25) is 0 Å². The molecule has 8 heteroatoms. The molecule has 0 fully saturated rings. The molecule has 1 amide bonds. The number of hydrogen-bond acceptors (Lipinski definition) is 5. The van der Waals surface area contributed by atoms with Crippen molar-refractivity contribution < 1.29 is 9.53 Å². The van der Waals surface area contributed by atoms with Crippen LogP contribution >= 0.6 is 38.9 Å². The molecule has 0 radical (unpaired) electrons. The van der Waals surface area contributed by atoms with Gasteiger partial charge in [-0.3, -0.25) is 14.7 Å². The number of fused-ring (bicyclic) bond motifs is 1. The second-order valence-corrected chi connectivity index (χ2v) is 8.54. The van der Waals surface area contributed by atoms with Crippen LogP contribution in [0.4, 0.5) is 5.13 Å². The summed E-state index contributed by atoms with van der Waals surface area (Å²) < 4.78 is 7.03. The van der Waals surface area contributed by atoms with Crippen LogP contribution in [-0.4, -0.2) is 23.0 Å². The van der Waals surface area contributed by atoms with Crippen LogP contribution in [0, 0.1) is 0 Å². The first kappa shape index (κ1) is 19.8. The lowest BCUT2D eigenvalue weighted by Crippen LogP contribution is -2.30. The highest BCUT2D eigenvalue weighted by molar-refractivity contribution is 9.10. The van der Waals surface area contributed by atoms with Gasteiger partial charge < -0.3 is 4.74 Å². The first-order valence-electron chi connectivity index (χ1n) is 8.65. The lowest BCUT2D eigenvalue weighted by molar-refractivity contribution is 0.0985. The summed E-state index contributed by atoms with van der Waals surface area (Å²) in [4.78, 5) is 23.9. The van der Waals surface area contributed by atoms with Crippen molar-refractivity contribution in [3.8, 4) is 5.75 Å². The Morgan fingerprint density at radius 2 is 2.10 bits per heavy atom. The molecular weight excluding hydrogens is 474 g/mol. The second kappa shape index (κ2) is 8.49. The molecule has 5 nitrogen and oxygen atoms in total. The van der Waals surface area contributed by atoms with Crippen molar-refractivity contribution >= 4 is 60.1 Å². The second-order valence-electron chi connectivity index (χ2n) is 6.21. The van der Waals surface area contributed by atoms with Crippen molar-refractivity contribution in [2.75, 3.05) is 12.0 Å². The smallest absolute Gasteiger partial charge is 0.261 e. The molecule has 4 rings (SSSR count). The Morgan fingerprint density at radius 1 is 1.24 bits per heavy atom. The summed E-state index contributed by atoms with van der Waals surface area (Å²) >= 11 is 11.2. The average Bonchev–Trinajstić information content (AvgIpc) is 3.16. The third kappa shape index (κ3) is 4.27. The SMILES string of the molecule is COc1ccc2sc(N(Cc3cccnc3)C(=O)c3cc(Br)ccc3Cl)nc2c1. The highest BCUT2D eigenvalue weighted by Crippen LogP contribution is 2.34. The number of halogens is 2. The van der Waals surface area contributed by atoms with Gasteiger partial charge in [0, 0.05) is 22.9 Å². The number of aromatic nitrogens is 2. The molecule has 0 N–H and O–H groups in total. The van der Waals surface area contributed by atoms with Gasteiger partial charge in [0.15, 0.2) is 5.13 Å². The van der Waals surface area contributed by atoms with E-state index in [4.69, 9.17) is 16.3 Å². The van der Waals surface area contributed by atoms with Crippen molar-refractivity contribution in [1.82, 2.24) is 9.97 Å². The summed E-state index contributed by atoms with van der Waals surface area (Å²) in [7, 11) is 1.61. The molecule has 0 saturated carbocycles. The normalized spacial score (nSPS) is 10.9. The van der Waals surface area contributed by atoms with E-state index in [1.807, 2.05) is 30.3 Å². The first-order valence-corrected chi connectivity index (χ1v) is 10.6. The lowest BCUT2D eigenvalue weighted by atomic mass is 10.2. The summed E-state index contributed by atoms with van der Waals surface area (Å²) in [6.45, 7) is 0.326. The number of carbonyl (C=O) groups excluding carboxylic acids is 1. The number of methoxy groups -OCH3 is 1. The van der Waals surface area contributed by atoms with Gasteiger partial charge in [0.05, 0.1) is 34.5 Å². The Hall–Kier alpha value is -2.48. The predicted octanol–water partition coefficient (Wildman–Crippen LogP) is 5.96. The van der Waals surface area contributed by atoms with Gasteiger partial charge in [-0.15, -0.1) is 0 Å². The molecule has 0 spiro atoms. The molecule has 146 valence electrons. The monoisotopic (exact) mass is 487 g/mol. The number of carbonyl (C=O) groups is 1. The maximum Gasteiger partial charge on any atom is 0.261 e. The molecule has 0 bridgehead atoms. The van der Waals surface area contributed by atoms with Crippen molar-refractivity contribution in [2.45, 2.75) is 6.54 Å². The molecule has 2 aromatic heterocycles. The average molecular weight is 489 g/mol. The fourth-order valence-electron chi connectivity index (χ4n) is 2.84. The molecule has 4 aromatic rings. The molecule has 2 heterocycles. The molecule has 2 aromatic carbocycles. The van der Waals surface area contributed by atoms with Gasteiger partial charge >= 0.3 is 0 Å². The summed E-state index contributed by atoms with van der Waals surface area (Å²) in [5, 5.41) is 0.968. The zero-order chi connectivity index (χ0) is 20.4. The van der Waals surface area contributed by atoms with Crippen molar-refractivity contribution in [3.05, 3.63) is 81.5 Å². The molecule has 29 heavy (non-hydrogen) atoms. The summed E-state index contributed by atoms with van der Waals surface area (Å²) in [5.41, 5.74) is 2.07. The maximum absolute atomic E-state index is 13.5. The Balaban J connectivity index is 1.79. The van der Waals surface area contributed by atoms with Gasteiger partial charge in [0.25, 0.3) is 5.91 Å². The van der Waals surface area contributed by atoms with E-state index in [1.54, 1.807) is 42.6 Å². The summed E-state index contributed by atoms with van der Waals surface area (Å²) in [6, 6.07) is 14.7. The number of nitrogens with zero attached hydrogens (tertiary/aromatic N) is 3. The number of ether oxygens (including phenoxy) is 1. The van der Waals surface area contributed by atoms with Crippen LogP contribution in [0.2, 0.25) is 5.02 Å². The standard InChI is InChI=1S/C21H15BrClN3O2S/c1-28-15-5-7-19-18(10-15)25-21(29-19)26(12-13-3-2-8-24-11-13)20(27)16-9-14(22)4-6-17(16)23/h2-11H,12H2,1H3. The molecular formula is C21H15BrClN3O2S. The van der Waals surface area contributed by atoms with Crippen LogP contribution in [0.25, 0.3) is 10.2 Å². The number of hydrogen-bond donors (Lipinski definition) is 0. The Morgan fingerprint density at radius 3 is 2.86 bits per heavy atom. The van der Waals surface area contributed by atoms with Crippen molar-refractivity contribution in [3.63, 3.8) is 0 Å². The molecule has 0 unspecified atom stereocenters. The minimum absolute atomic E-state index is 0.230. The quantitative estimate of drug-likeness (QED) is 0.348. The Bertz CT molecular complexity index is 1180. The van der Waals surface area contributed by atoms with Gasteiger partial charge in [-0.05, 0) is 42.0 Å². The molecule has 0 aliphatic carbocycles. The highest BCUT2D eigenvalue weighted by Gasteiger charge is 2.24. The minimum Gasteiger partial charge on any atom is -0.497 e. The number of pyridine rings is 1. The van der Waals surface area contributed by atoms with E-state index >= 15 is 0 Å². The molecule has 0 aliphatic heterocycles. The van der Waals surface area contributed by atoms with E-state index in [0.29, 0.717) is 22.3 Å². The predicted molar refractivity (Wildman–Crippen MR) is 120 cm³/mol. The molecule has 0 aliphatic rings. The number of anilines is 1. The van der Waals surface area contributed by atoms with E-state index in [2.05, 4.69) is 25.9 Å². The van der Waals surface area contributed by atoms with Crippen LogP contribution in [0.5, 0.6) is 5.75 Å². The summed E-state index contributed by atoms with van der Waals surface area (Å²) in [5.74, 6) is 0.487. The van der Waals surface area contributed by atoms with Crippen LogP contribution in [0.3, 0.4) is 0 Å². The number of thiazole rings is 1. The zero-order valence-corrected chi connectivity index (χ0v) is 18.5. The highest BCUT2D eigenvalue weighted by atomic mass is 79.9. The third-order valence-electron chi connectivity index (χ3n) is 4.28. The van der Waals surface area contributed by atoms with E-state index in [-0.39, 0.29) is 5.91 Å². The van der Waals surface area contributed by atoms with Gasteiger partial charge in [-0.25, -0.2) is 4.98 Å². The van der Waals surface area contributed by atoms with Gasteiger partial charge in [0.1, 0.15) is 5.75 Å². The van der Waals surface area contributed by atoms with E-state index in [1.165, 1.54) is 11.3 Å². The van der Waals surface area contributed by atoms with Gasteiger partial charge in [-0.1, -0.05) is 44.9 Å². The minimum atomic E-state index is -0.230. The number of rotatable bonds is 5. The van der Waals surface area contributed by atoms with Crippen LogP contribution in [0.15, 0.2) is 65.4 Å². The Labute approximate surface area is 185 Å². The van der Waals surface area contributed by atoms with Crippen LogP contribution in [-0.2, 0) is 6.54 Å². The third-order valence-corrected chi connectivity index (χ3v) is 6.16. The van der Waals surface area contributed by atoms with Crippen molar-refractivity contribution in [1.29, 1.82) is 0 Å². The number of benzene rings is 2. The van der Waals surface area contributed by atoms with Crippen LogP contribution < -0.4 is 9.64 Å². The van der Waals surface area contributed by atoms with Crippen molar-refractivity contribution in [2.24, 2.45) is 0 Å². The Kier molecular flexibility index (Phi) is 5.80. The van der Waals surface area contributed by atoms with E-state index in [0.717, 1.165) is 26.0 Å². The summed E-state index contributed by atoms with van der Waals surface area (Å²) in [6.07, 6.45) is 3.43. The molecule has 0 atom stereocenters. The maximum atomic E-state index is 13.5. The van der Waals surface area contributed by atoms with E-state index in [9.17, 15) is 4.79 Å². The topological polar surface area (TPSA) is 55.3 Å². The fraction of sp³-hybridized carbons (Fsp3) is 0.0952. The molecule has 0 saturated heterocycles. The largest absolute Gasteiger partial charge is 0.497 e. The van der Waals surface area contributed by atoms with Crippen LogP contribution in [0.1, 0.15) is 15.9 Å². The van der Waals surface area contributed by atoms with E-state index < -0.39 is 0 Å². The zero-order valence-electron chi connectivity index (χ0n) is 15.3.